The summed E-state index contributed by atoms with van der Waals surface area (Å²) in [5.74, 6) is -1.53. The first-order valence-electron chi connectivity index (χ1n) is 8.73. The van der Waals surface area contributed by atoms with Gasteiger partial charge in [0.1, 0.15) is 6.04 Å². The van der Waals surface area contributed by atoms with Crippen LogP contribution in [0.4, 0.5) is 0 Å². The van der Waals surface area contributed by atoms with Crippen molar-refractivity contribution < 1.29 is 19.1 Å². The van der Waals surface area contributed by atoms with Crippen LogP contribution < -0.4 is 10.6 Å². The molecule has 6 nitrogen and oxygen atoms in total. The van der Waals surface area contributed by atoms with E-state index in [9.17, 15) is 14.4 Å². The van der Waals surface area contributed by atoms with Gasteiger partial charge in [0.25, 0.3) is 11.8 Å². The molecular formula is C20H24N2O4S. The van der Waals surface area contributed by atoms with E-state index in [1.165, 1.54) is 11.3 Å². The number of benzene rings is 1. The molecular weight excluding hydrogens is 364 g/mol. The van der Waals surface area contributed by atoms with Gasteiger partial charge in [-0.05, 0) is 29.9 Å². The average Bonchev–Trinajstić information content (AvgIpc) is 3.19. The van der Waals surface area contributed by atoms with Crippen molar-refractivity contribution in [1.82, 2.24) is 10.6 Å². The van der Waals surface area contributed by atoms with E-state index in [-0.39, 0.29) is 17.9 Å². The number of hydrogen-bond donors (Lipinski definition) is 2. The lowest BCUT2D eigenvalue weighted by atomic mass is 10.0. The molecule has 27 heavy (non-hydrogen) atoms. The molecule has 0 spiro atoms. The van der Waals surface area contributed by atoms with Gasteiger partial charge in [-0.1, -0.05) is 50.2 Å². The molecule has 1 heterocycles. The van der Waals surface area contributed by atoms with E-state index in [4.69, 9.17) is 4.74 Å². The van der Waals surface area contributed by atoms with E-state index in [2.05, 4.69) is 10.6 Å². The zero-order valence-corrected chi connectivity index (χ0v) is 16.4. The fourth-order valence-electron chi connectivity index (χ4n) is 2.45. The van der Waals surface area contributed by atoms with Gasteiger partial charge in [0.2, 0.25) is 0 Å². The highest BCUT2D eigenvalue weighted by molar-refractivity contribution is 7.12. The van der Waals surface area contributed by atoms with Crippen LogP contribution in [0, 0.1) is 5.92 Å². The highest BCUT2D eigenvalue weighted by Gasteiger charge is 2.27. The summed E-state index contributed by atoms with van der Waals surface area (Å²) in [5.41, 5.74) is 0.959. The summed E-state index contributed by atoms with van der Waals surface area (Å²) >= 11 is 1.29. The molecule has 0 unspecified atom stereocenters. The number of nitrogens with one attached hydrogen (secondary N) is 2. The van der Waals surface area contributed by atoms with Gasteiger partial charge in [-0.15, -0.1) is 11.3 Å². The maximum atomic E-state index is 12.3. The van der Waals surface area contributed by atoms with Crippen molar-refractivity contribution in [2.45, 2.75) is 32.9 Å². The van der Waals surface area contributed by atoms with Gasteiger partial charge >= 0.3 is 5.97 Å². The standard InChI is InChI=1S/C20H24N2O4S/c1-13(2)18(22-19(24)16-10-7-11-27-16)20(25)26-12-17(23)21-14(3)15-8-5-4-6-9-15/h4-11,13-14,18H,12H2,1-3H3,(H,21,23)(H,22,24)/t14-,18-/m1/s1. The summed E-state index contributed by atoms with van der Waals surface area (Å²) in [6.07, 6.45) is 0. The molecule has 1 aromatic heterocycles. The van der Waals surface area contributed by atoms with Gasteiger partial charge in [0.15, 0.2) is 6.61 Å². The van der Waals surface area contributed by atoms with Crippen LogP contribution in [-0.2, 0) is 14.3 Å². The van der Waals surface area contributed by atoms with Gasteiger partial charge in [0.05, 0.1) is 10.9 Å². The second-order valence-electron chi connectivity index (χ2n) is 6.48. The minimum atomic E-state index is -0.820. The van der Waals surface area contributed by atoms with Crippen LogP contribution in [0.25, 0.3) is 0 Å². The van der Waals surface area contributed by atoms with Gasteiger partial charge in [-0.3, -0.25) is 9.59 Å². The molecule has 144 valence electrons. The molecule has 0 aliphatic carbocycles. The molecule has 2 N–H and O–H groups in total. The number of amides is 2. The Kier molecular flexibility index (Phi) is 7.55. The predicted molar refractivity (Wildman–Crippen MR) is 104 cm³/mol. The minimum absolute atomic E-state index is 0.173. The second kappa shape index (κ2) is 9.87. The number of carbonyl (C=O) groups is 3. The SMILES string of the molecule is CC(C)[C@@H](NC(=O)c1cccs1)C(=O)OCC(=O)N[C@H](C)c1ccccc1. The molecule has 2 aromatic rings. The second-order valence-corrected chi connectivity index (χ2v) is 7.43. The maximum absolute atomic E-state index is 12.3. The third-order valence-electron chi connectivity index (χ3n) is 3.97. The molecule has 0 saturated heterocycles. The molecule has 2 amide bonds. The quantitative estimate of drug-likeness (QED) is 0.681. The minimum Gasteiger partial charge on any atom is -0.454 e. The number of thiophene rings is 1. The summed E-state index contributed by atoms with van der Waals surface area (Å²) in [6.45, 7) is 5.07. The van der Waals surface area contributed by atoms with Gasteiger partial charge in [-0.2, -0.15) is 0 Å². The predicted octanol–water partition coefficient (Wildman–Crippen LogP) is 2.92. The van der Waals surface area contributed by atoms with Crippen LogP contribution in [0.15, 0.2) is 47.8 Å². The molecule has 0 bridgehead atoms. The Morgan fingerprint density at radius 2 is 1.70 bits per heavy atom. The molecule has 2 rings (SSSR count). The molecule has 0 fully saturated rings. The Labute approximate surface area is 162 Å². The van der Waals surface area contributed by atoms with Gasteiger partial charge in [-0.25, -0.2) is 4.79 Å². The zero-order chi connectivity index (χ0) is 19.8. The van der Waals surface area contributed by atoms with Gasteiger partial charge in [0, 0.05) is 0 Å². The Morgan fingerprint density at radius 1 is 1.00 bits per heavy atom. The number of rotatable bonds is 8. The van der Waals surface area contributed by atoms with Gasteiger partial charge < -0.3 is 15.4 Å². The van der Waals surface area contributed by atoms with E-state index >= 15 is 0 Å². The Balaban J connectivity index is 1.86. The first-order valence-corrected chi connectivity index (χ1v) is 9.61. The van der Waals surface area contributed by atoms with Crippen LogP contribution in [0.3, 0.4) is 0 Å². The average molecular weight is 388 g/mol. The third-order valence-corrected chi connectivity index (χ3v) is 4.84. The Morgan fingerprint density at radius 3 is 2.30 bits per heavy atom. The van der Waals surface area contributed by atoms with Crippen LogP contribution in [0.2, 0.25) is 0 Å². The third kappa shape index (κ3) is 6.21. The summed E-state index contributed by atoms with van der Waals surface area (Å²) < 4.78 is 5.12. The normalized spacial score (nSPS) is 12.9. The van der Waals surface area contributed by atoms with Crippen LogP contribution >= 0.6 is 11.3 Å². The van der Waals surface area contributed by atoms with E-state index in [1.807, 2.05) is 37.3 Å². The molecule has 1 aromatic carbocycles. The summed E-state index contributed by atoms with van der Waals surface area (Å²) in [4.78, 5) is 37.1. The van der Waals surface area contributed by atoms with E-state index in [0.717, 1.165) is 5.56 Å². The fourth-order valence-corrected chi connectivity index (χ4v) is 3.08. The molecule has 7 heteroatoms. The lowest BCUT2D eigenvalue weighted by molar-refractivity contribution is -0.151. The van der Waals surface area contributed by atoms with Crippen molar-refractivity contribution in [3.8, 4) is 0 Å². The van der Waals surface area contributed by atoms with Crippen LogP contribution in [0.5, 0.6) is 0 Å². The highest BCUT2D eigenvalue weighted by atomic mass is 32.1. The van der Waals surface area contributed by atoms with E-state index < -0.39 is 24.5 Å². The number of hydrogen-bond acceptors (Lipinski definition) is 5. The van der Waals surface area contributed by atoms with Crippen molar-refractivity contribution in [1.29, 1.82) is 0 Å². The Bertz CT molecular complexity index is 760. The van der Waals surface area contributed by atoms with Crippen molar-refractivity contribution in [3.63, 3.8) is 0 Å². The van der Waals surface area contributed by atoms with E-state index in [0.29, 0.717) is 4.88 Å². The Hall–Kier alpha value is -2.67. The van der Waals surface area contributed by atoms with E-state index in [1.54, 1.807) is 31.4 Å². The lowest BCUT2D eigenvalue weighted by Gasteiger charge is -2.21. The van der Waals surface area contributed by atoms with Crippen LogP contribution in [-0.4, -0.2) is 30.4 Å². The summed E-state index contributed by atoms with van der Waals surface area (Å²) in [6, 6.07) is 11.9. The summed E-state index contributed by atoms with van der Waals surface area (Å²) in [7, 11) is 0. The zero-order valence-electron chi connectivity index (χ0n) is 15.6. The number of carbonyl (C=O) groups excluding carboxylic acids is 3. The smallest absolute Gasteiger partial charge is 0.329 e. The summed E-state index contributed by atoms with van der Waals surface area (Å²) in [5, 5.41) is 7.24. The maximum Gasteiger partial charge on any atom is 0.329 e. The molecule has 0 aliphatic rings. The first kappa shape index (κ1) is 20.6. The molecule has 2 atom stereocenters. The van der Waals surface area contributed by atoms with Crippen molar-refractivity contribution in [2.24, 2.45) is 5.92 Å². The molecule has 0 saturated carbocycles. The van der Waals surface area contributed by atoms with Crippen molar-refractivity contribution >= 4 is 29.1 Å². The van der Waals surface area contributed by atoms with Crippen LogP contribution in [0.1, 0.15) is 42.0 Å². The van der Waals surface area contributed by atoms with Crippen molar-refractivity contribution in [2.75, 3.05) is 6.61 Å². The topological polar surface area (TPSA) is 84.5 Å². The monoisotopic (exact) mass is 388 g/mol. The first-order chi connectivity index (χ1) is 12.9. The number of ether oxygens (including phenoxy) is 1. The van der Waals surface area contributed by atoms with Crippen molar-refractivity contribution in [3.05, 3.63) is 58.3 Å². The lowest BCUT2D eigenvalue weighted by Crippen LogP contribution is -2.46. The highest BCUT2D eigenvalue weighted by Crippen LogP contribution is 2.12. The number of esters is 1. The molecule has 0 aliphatic heterocycles. The fraction of sp³-hybridized carbons (Fsp3) is 0.350. The largest absolute Gasteiger partial charge is 0.454 e. The molecule has 0 radical (unpaired) electrons.